The first-order valence-electron chi connectivity index (χ1n) is 18.3. The summed E-state index contributed by atoms with van der Waals surface area (Å²) < 4.78 is 4.76. The van der Waals surface area contributed by atoms with Gasteiger partial charge in [-0.05, 0) is 54.2 Å². The van der Waals surface area contributed by atoms with Gasteiger partial charge in [-0.15, -0.1) is 0 Å². The summed E-state index contributed by atoms with van der Waals surface area (Å²) in [5, 5.41) is 28.8. The van der Waals surface area contributed by atoms with Crippen LogP contribution in [-0.4, -0.2) is 111 Å². The van der Waals surface area contributed by atoms with Crippen molar-refractivity contribution in [1.82, 2.24) is 35.9 Å². The Bertz CT molecular complexity index is 1500. The first-order valence-corrected chi connectivity index (χ1v) is 18.3. The van der Waals surface area contributed by atoms with Crippen LogP contribution in [0.4, 0.5) is 9.59 Å². The highest BCUT2D eigenvalue weighted by Gasteiger charge is 2.41. The number of nitrogens with one attached hydrogen (secondary N) is 3. The number of rotatable bonds is 18. The number of urea groups is 1. The molecule has 1 aliphatic carbocycles. The van der Waals surface area contributed by atoms with Crippen molar-refractivity contribution in [3.63, 3.8) is 0 Å². The lowest BCUT2D eigenvalue weighted by atomic mass is 9.86. The average Bonchev–Trinajstić information content (AvgIpc) is 3.87. The number of nitrogens with zero attached hydrogens (tertiary/aromatic N) is 4. The maximum atomic E-state index is 14.3. The second-order valence-electron chi connectivity index (χ2n) is 15.1. The van der Waals surface area contributed by atoms with E-state index in [2.05, 4.69) is 21.0 Å². The number of benzene rings is 1. The Balaban J connectivity index is 1.53. The molecule has 0 bridgehead atoms. The van der Waals surface area contributed by atoms with Crippen LogP contribution in [0, 0.1) is 17.3 Å². The van der Waals surface area contributed by atoms with E-state index in [1.807, 2.05) is 65.0 Å². The number of carbonyl (C=O) groups excluding carboxylic acids is 4. The molecule has 2 aromatic rings. The lowest BCUT2D eigenvalue weighted by Gasteiger charge is -2.36. The molecule has 1 aromatic carbocycles. The zero-order chi connectivity index (χ0) is 38.0. The molecule has 0 spiro atoms. The Morgan fingerprint density at radius 2 is 1.71 bits per heavy atom. The third kappa shape index (κ3) is 11.4. The first-order chi connectivity index (χ1) is 24.7. The second-order valence-corrected chi connectivity index (χ2v) is 15.1. The molecule has 1 saturated heterocycles. The van der Waals surface area contributed by atoms with Crippen molar-refractivity contribution in [2.45, 2.75) is 97.7 Å². The minimum Gasteiger partial charge on any atom is -0.453 e. The summed E-state index contributed by atoms with van der Waals surface area (Å²) in [6.07, 6.45) is 1.11. The molecular formula is C38H57N7O7. The van der Waals surface area contributed by atoms with Crippen LogP contribution in [0.2, 0.25) is 0 Å². The number of alkyl carbamates (subject to hydrolysis) is 1. The van der Waals surface area contributed by atoms with Crippen molar-refractivity contribution in [2.75, 3.05) is 33.3 Å². The Hall–Kier alpha value is -4.27. The monoisotopic (exact) mass is 723 g/mol. The fraction of sp³-hybridized carbons (Fsp3) is 0.605. The highest BCUT2D eigenvalue weighted by atomic mass is 16.5. The van der Waals surface area contributed by atoms with Gasteiger partial charge in [0.15, 0.2) is 0 Å². The number of aliphatic hydroxyl groups is 2. The summed E-state index contributed by atoms with van der Waals surface area (Å²) in [6, 6.07) is 12.1. The quantitative estimate of drug-likeness (QED) is 0.145. The summed E-state index contributed by atoms with van der Waals surface area (Å²) >= 11 is 0. The van der Waals surface area contributed by atoms with Crippen molar-refractivity contribution in [1.29, 1.82) is 0 Å². The molecule has 4 rings (SSSR count). The van der Waals surface area contributed by atoms with Gasteiger partial charge >= 0.3 is 12.1 Å². The standard InChI is InChI=1S/C38H57N7O7/c1-7-25(2)32(45-19-18-43(37(45)51)22-28-14-11-15-29(24-46)39-28)34(48)40-30(20-26-12-9-8-10-13-26)31(47)23-44(21-27-16-17-27)42-35(49)33(38(3,4)5)41-36(50)52-6/h8-15,25,27,30-33,46-47H,7,16-24H2,1-6H3,(H,40,48)(H,41,50)(H,42,49)/t25-,30-,31-,32-,33+/m0/s1. The highest BCUT2D eigenvalue weighted by Crippen LogP contribution is 2.30. The minimum absolute atomic E-state index is 0.0133. The molecule has 5 amide bonds. The molecule has 1 saturated carbocycles. The van der Waals surface area contributed by atoms with Crippen molar-refractivity contribution < 1.29 is 34.1 Å². The summed E-state index contributed by atoms with van der Waals surface area (Å²) in [5.41, 5.74) is 4.36. The second kappa shape index (κ2) is 18.5. The first kappa shape index (κ1) is 40.5. The van der Waals surface area contributed by atoms with Crippen molar-refractivity contribution in [3.8, 4) is 0 Å². The van der Waals surface area contributed by atoms with E-state index in [1.54, 1.807) is 33.0 Å². The van der Waals surface area contributed by atoms with Gasteiger partial charge in [0, 0.05) is 26.2 Å². The van der Waals surface area contributed by atoms with E-state index in [-0.39, 0.29) is 37.6 Å². The number of carbonyl (C=O) groups is 4. The molecular weight excluding hydrogens is 666 g/mol. The van der Waals surface area contributed by atoms with Crippen LogP contribution in [-0.2, 0) is 33.9 Å². The molecule has 5 atom stereocenters. The Labute approximate surface area is 307 Å². The number of ether oxygens (including phenoxy) is 1. The number of hydrogen-bond donors (Lipinski definition) is 5. The van der Waals surface area contributed by atoms with Crippen molar-refractivity contribution in [2.24, 2.45) is 17.3 Å². The van der Waals surface area contributed by atoms with Crippen molar-refractivity contribution >= 4 is 23.9 Å². The van der Waals surface area contributed by atoms with Gasteiger partial charge in [-0.25, -0.2) is 14.6 Å². The molecule has 14 heteroatoms. The number of amides is 5. The number of methoxy groups -OCH3 is 1. The predicted molar refractivity (Wildman–Crippen MR) is 195 cm³/mol. The third-order valence-corrected chi connectivity index (χ3v) is 9.81. The molecule has 2 heterocycles. The SMILES string of the molecule is CC[C@H](C)[C@@H](C(=O)N[C@@H](Cc1ccccc1)[C@@H](O)CN(CC1CC1)NC(=O)[C@@H](NC(=O)OC)C(C)(C)C)N1CCN(Cc2cccc(CO)n2)C1=O. The van der Waals surface area contributed by atoms with Crippen molar-refractivity contribution in [3.05, 3.63) is 65.5 Å². The molecule has 0 unspecified atom stereocenters. The number of aromatic nitrogens is 1. The fourth-order valence-corrected chi connectivity index (χ4v) is 6.46. The minimum atomic E-state index is -1.11. The fourth-order valence-electron chi connectivity index (χ4n) is 6.46. The predicted octanol–water partition coefficient (Wildman–Crippen LogP) is 2.83. The van der Waals surface area contributed by atoms with Gasteiger partial charge in [0.25, 0.3) is 5.91 Å². The normalized spacial score (nSPS) is 17.7. The summed E-state index contributed by atoms with van der Waals surface area (Å²) in [7, 11) is 1.24. The van der Waals surface area contributed by atoms with Crippen LogP contribution < -0.4 is 16.1 Å². The molecule has 52 heavy (non-hydrogen) atoms. The van der Waals surface area contributed by atoms with E-state index in [9.17, 15) is 29.4 Å². The number of hydrazine groups is 1. The molecule has 1 aliphatic heterocycles. The van der Waals surface area contributed by atoms with Crippen LogP contribution in [0.3, 0.4) is 0 Å². The van der Waals surface area contributed by atoms with Gasteiger partial charge in [0.1, 0.15) is 12.1 Å². The van der Waals surface area contributed by atoms with Gasteiger partial charge < -0.3 is 35.4 Å². The Morgan fingerprint density at radius 1 is 1.02 bits per heavy atom. The molecule has 5 N–H and O–H groups in total. The summed E-state index contributed by atoms with van der Waals surface area (Å²) in [4.78, 5) is 61.5. The summed E-state index contributed by atoms with van der Waals surface area (Å²) in [6.45, 7) is 10.7. The molecule has 2 fully saturated rings. The van der Waals surface area contributed by atoms with Gasteiger partial charge in [-0.2, -0.15) is 0 Å². The maximum Gasteiger partial charge on any atom is 0.407 e. The van der Waals surface area contributed by atoms with E-state index in [4.69, 9.17) is 4.74 Å². The highest BCUT2D eigenvalue weighted by molar-refractivity contribution is 5.88. The van der Waals surface area contributed by atoms with Crippen LogP contribution in [0.5, 0.6) is 0 Å². The van der Waals surface area contributed by atoms with Gasteiger partial charge in [-0.1, -0.05) is 77.4 Å². The molecule has 2 aliphatic rings. The van der Waals surface area contributed by atoms with E-state index >= 15 is 0 Å². The number of aliphatic hydroxyl groups excluding tert-OH is 2. The molecule has 1 aromatic heterocycles. The molecule has 14 nitrogen and oxygen atoms in total. The van der Waals surface area contributed by atoms with E-state index < -0.39 is 41.6 Å². The lowest BCUT2D eigenvalue weighted by molar-refractivity contribution is -0.132. The van der Waals surface area contributed by atoms with Crippen LogP contribution in [0.25, 0.3) is 0 Å². The zero-order valence-electron chi connectivity index (χ0n) is 31.4. The van der Waals surface area contributed by atoms with Gasteiger partial charge in [-0.3, -0.25) is 20.0 Å². The van der Waals surface area contributed by atoms with Gasteiger partial charge in [0.05, 0.1) is 43.8 Å². The maximum absolute atomic E-state index is 14.3. The smallest absolute Gasteiger partial charge is 0.407 e. The molecule has 286 valence electrons. The van der Waals surface area contributed by atoms with Crippen LogP contribution in [0.1, 0.15) is 70.8 Å². The Morgan fingerprint density at radius 3 is 2.33 bits per heavy atom. The largest absolute Gasteiger partial charge is 0.453 e. The Kier molecular flexibility index (Phi) is 14.4. The van der Waals surface area contributed by atoms with E-state index in [1.165, 1.54) is 7.11 Å². The van der Waals surface area contributed by atoms with E-state index in [0.29, 0.717) is 49.8 Å². The number of pyridine rings is 1. The van der Waals surface area contributed by atoms with Crippen LogP contribution in [0.15, 0.2) is 48.5 Å². The van der Waals surface area contributed by atoms with E-state index in [0.717, 1.165) is 18.4 Å². The summed E-state index contributed by atoms with van der Waals surface area (Å²) in [5.74, 6) is -0.646. The van der Waals surface area contributed by atoms with Gasteiger partial charge in [0.2, 0.25) is 5.91 Å². The third-order valence-electron chi connectivity index (χ3n) is 9.81. The average molecular weight is 724 g/mol. The molecule has 0 radical (unpaired) electrons. The lowest BCUT2D eigenvalue weighted by Crippen LogP contribution is -2.60. The topological polar surface area (TPSA) is 177 Å². The zero-order valence-corrected chi connectivity index (χ0v) is 31.4. The van der Waals surface area contributed by atoms with Crippen LogP contribution >= 0.6 is 0 Å². The number of hydrogen-bond acceptors (Lipinski definition) is 9.